The molecule has 2 nitrogen and oxygen atoms in total. The first-order chi connectivity index (χ1) is 8.81. The second-order valence-electron chi connectivity index (χ2n) is 5.17. The van der Waals surface area contributed by atoms with E-state index in [1.54, 1.807) is 6.26 Å². The lowest BCUT2D eigenvalue weighted by molar-refractivity contribution is 0.498. The summed E-state index contributed by atoms with van der Waals surface area (Å²) in [7, 11) is 0. The molecule has 1 aromatic carbocycles. The van der Waals surface area contributed by atoms with Gasteiger partial charge in [0, 0.05) is 18.2 Å². The molecule has 1 heterocycles. The first kappa shape index (κ1) is 11.4. The Hall–Kier alpha value is -1.70. The van der Waals surface area contributed by atoms with Crippen LogP contribution in [-0.2, 0) is 19.3 Å². The fraction of sp³-hybridized carbons (Fsp3) is 0.375. The summed E-state index contributed by atoms with van der Waals surface area (Å²) in [4.78, 5) is 0. The summed E-state index contributed by atoms with van der Waals surface area (Å²) in [5.41, 5.74) is 4.28. The highest BCUT2D eigenvalue weighted by atomic mass is 16.3. The Morgan fingerprint density at radius 1 is 1.22 bits per heavy atom. The number of benzene rings is 1. The molecule has 18 heavy (non-hydrogen) atoms. The summed E-state index contributed by atoms with van der Waals surface area (Å²) in [5.74, 6) is 1.04. The lowest BCUT2D eigenvalue weighted by Gasteiger charge is -2.15. The predicted octanol–water partition coefficient (Wildman–Crippen LogP) is 3.81. The van der Waals surface area contributed by atoms with Crippen LogP contribution in [0.2, 0.25) is 0 Å². The molecule has 3 rings (SSSR count). The van der Waals surface area contributed by atoms with Gasteiger partial charge in [0.25, 0.3) is 0 Å². The molecule has 0 fully saturated rings. The molecular formula is C16H19NO. The zero-order chi connectivity index (χ0) is 12.4. The monoisotopic (exact) mass is 241 g/mol. The highest BCUT2D eigenvalue weighted by molar-refractivity contribution is 5.50. The highest BCUT2D eigenvalue weighted by Crippen LogP contribution is 2.25. The Labute approximate surface area is 108 Å². The van der Waals surface area contributed by atoms with Crippen molar-refractivity contribution in [2.75, 3.05) is 5.32 Å². The van der Waals surface area contributed by atoms with Gasteiger partial charge in [0.05, 0.1) is 6.26 Å². The van der Waals surface area contributed by atoms with E-state index in [4.69, 9.17) is 4.42 Å². The van der Waals surface area contributed by atoms with Crippen LogP contribution in [0.25, 0.3) is 0 Å². The van der Waals surface area contributed by atoms with E-state index in [0.29, 0.717) is 6.04 Å². The molecule has 0 amide bonds. The lowest BCUT2D eigenvalue weighted by atomic mass is 10.1. The highest BCUT2D eigenvalue weighted by Gasteiger charge is 2.12. The molecule has 0 aliphatic heterocycles. The van der Waals surface area contributed by atoms with E-state index >= 15 is 0 Å². The van der Waals surface area contributed by atoms with Gasteiger partial charge in [0.2, 0.25) is 0 Å². The number of anilines is 1. The van der Waals surface area contributed by atoms with Gasteiger partial charge in [-0.3, -0.25) is 0 Å². The molecule has 0 spiro atoms. The fourth-order valence-corrected chi connectivity index (χ4v) is 2.73. The van der Waals surface area contributed by atoms with Crippen molar-refractivity contribution >= 4 is 5.69 Å². The molecule has 1 aliphatic carbocycles. The molecule has 0 saturated heterocycles. The van der Waals surface area contributed by atoms with Crippen molar-refractivity contribution in [2.24, 2.45) is 0 Å². The molecule has 1 N–H and O–H groups in total. The Bertz CT molecular complexity index is 516. The standard InChI is InChI=1S/C16H19NO/c1-12(10-16-6-3-9-18-16)17-15-8-7-13-4-2-5-14(13)11-15/h3,6-9,11-12,17H,2,4-5,10H2,1H3. The molecule has 94 valence electrons. The predicted molar refractivity (Wildman–Crippen MR) is 74.0 cm³/mol. The number of hydrogen-bond donors (Lipinski definition) is 1. The third kappa shape index (κ3) is 2.42. The van der Waals surface area contributed by atoms with E-state index < -0.39 is 0 Å². The minimum atomic E-state index is 0.385. The number of aryl methyl sites for hydroxylation is 2. The third-order valence-electron chi connectivity index (χ3n) is 3.60. The van der Waals surface area contributed by atoms with Crippen LogP contribution in [0.4, 0.5) is 5.69 Å². The zero-order valence-corrected chi connectivity index (χ0v) is 10.8. The maximum absolute atomic E-state index is 5.38. The first-order valence-corrected chi connectivity index (χ1v) is 6.72. The van der Waals surface area contributed by atoms with E-state index in [1.807, 2.05) is 12.1 Å². The fourth-order valence-electron chi connectivity index (χ4n) is 2.73. The van der Waals surface area contributed by atoms with Crippen molar-refractivity contribution in [1.82, 2.24) is 0 Å². The first-order valence-electron chi connectivity index (χ1n) is 6.72. The molecule has 1 aliphatic rings. The van der Waals surface area contributed by atoms with Gasteiger partial charge < -0.3 is 9.73 Å². The molecule has 1 unspecified atom stereocenters. The van der Waals surface area contributed by atoms with Crippen LogP contribution < -0.4 is 5.32 Å². The molecule has 1 aromatic heterocycles. The topological polar surface area (TPSA) is 25.2 Å². The smallest absolute Gasteiger partial charge is 0.105 e. The maximum Gasteiger partial charge on any atom is 0.105 e. The van der Waals surface area contributed by atoms with Gasteiger partial charge >= 0.3 is 0 Å². The Balaban J connectivity index is 1.65. The van der Waals surface area contributed by atoms with Gasteiger partial charge in [-0.05, 0) is 61.6 Å². The second kappa shape index (κ2) is 4.89. The largest absolute Gasteiger partial charge is 0.469 e. The minimum Gasteiger partial charge on any atom is -0.469 e. The molecule has 1 atom stereocenters. The lowest BCUT2D eigenvalue weighted by Crippen LogP contribution is -2.17. The maximum atomic E-state index is 5.38. The summed E-state index contributed by atoms with van der Waals surface area (Å²) in [6, 6.07) is 11.1. The van der Waals surface area contributed by atoms with Crippen molar-refractivity contribution in [3.63, 3.8) is 0 Å². The van der Waals surface area contributed by atoms with E-state index in [9.17, 15) is 0 Å². The summed E-state index contributed by atoms with van der Waals surface area (Å²) in [6.07, 6.45) is 6.44. The van der Waals surface area contributed by atoms with Crippen LogP contribution in [0.3, 0.4) is 0 Å². The van der Waals surface area contributed by atoms with Crippen LogP contribution in [0.1, 0.15) is 30.2 Å². The molecule has 2 aromatic rings. The number of hydrogen-bond acceptors (Lipinski definition) is 2. The average molecular weight is 241 g/mol. The molecular weight excluding hydrogens is 222 g/mol. The summed E-state index contributed by atoms with van der Waals surface area (Å²) in [6.45, 7) is 2.19. The number of rotatable bonds is 4. The van der Waals surface area contributed by atoms with Crippen LogP contribution >= 0.6 is 0 Å². The van der Waals surface area contributed by atoms with Crippen molar-refractivity contribution in [3.05, 3.63) is 53.5 Å². The number of fused-ring (bicyclic) bond motifs is 1. The van der Waals surface area contributed by atoms with Gasteiger partial charge in [0.15, 0.2) is 0 Å². The Kier molecular flexibility index (Phi) is 3.09. The Morgan fingerprint density at radius 3 is 2.94 bits per heavy atom. The quantitative estimate of drug-likeness (QED) is 0.880. The van der Waals surface area contributed by atoms with Gasteiger partial charge in [-0.1, -0.05) is 6.07 Å². The van der Waals surface area contributed by atoms with Crippen molar-refractivity contribution in [3.8, 4) is 0 Å². The van der Waals surface area contributed by atoms with E-state index in [2.05, 4.69) is 30.4 Å². The SMILES string of the molecule is CC(Cc1ccco1)Nc1ccc2c(c1)CCC2. The van der Waals surface area contributed by atoms with E-state index in [0.717, 1.165) is 12.2 Å². The summed E-state index contributed by atoms with van der Waals surface area (Å²) < 4.78 is 5.38. The summed E-state index contributed by atoms with van der Waals surface area (Å²) in [5, 5.41) is 3.55. The van der Waals surface area contributed by atoms with Gasteiger partial charge in [-0.15, -0.1) is 0 Å². The molecule has 2 heteroatoms. The van der Waals surface area contributed by atoms with Gasteiger partial charge in [-0.25, -0.2) is 0 Å². The normalized spacial score (nSPS) is 15.4. The van der Waals surface area contributed by atoms with Crippen LogP contribution in [0, 0.1) is 0 Å². The third-order valence-corrected chi connectivity index (χ3v) is 3.60. The van der Waals surface area contributed by atoms with Crippen molar-refractivity contribution in [1.29, 1.82) is 0 Å². The van der Waals surface area contributed by atoms with E-state index in [-0.39, 0.29) is 0 Å². The minimum absolute atomic E-state index is 0.385. The number of nitrogens with one attached hydrogen (secondary N) is 1. The average Bonchev–Trinajstić information content (AvgIpc) is 2.98. The van der Waals surface area contributed by atoms with Crippen LogP contribution in [-0.4, -0.2) is 6.04 Å². The van der Waals surface area contributed by atoms with E-state index in [1.165, 1.54) is 36.1 Å². The van der Waals surface area contributed by atoms with Crippen molar-refractivity contribution < 1.29 is 4.42 Å². The second-order valence-corrected chi connectivity index (χ2v) is 5.17. The summed E-state index contributed by atoms with van der Waals surface area (Å²) >= 11 is 0. The van der Waals surface area contributed by atoms with Crippen LogP contribution in [0.5, 0.6) is 0 Å². The number of furan rings is 1. The molecule has 0 saturated carbocycles. The van der Waals surface area contributed by atoms with Gasteiger partial charge in [0.1, 0.15) is 5.76 Å². The zero-order valence-electron chi connectivity index (χ0n) is 10.8. The molecule has 0 radical (unpaired) electrons. The van der Waals surface area contributed by atoms with Crippen LogP contribution in [0.15, 0.2) is 41.0 Å². The van der Waals surface area contributed by atoms with Crippen molar-refractivity contribution in [2.45, 2.75) is 38.6 Å². The Morgan fingerprint density at radius 2 is 2.11 bits per heavy atom. The van der Waals surface area contributed by atoms with Gasteiger partial charge in [-0.2, -0.15) is 0 Å². The molecule has 0 bridgehead atoms.